The molecule has 3 aromatic rings. The number of para-hydroxylation sites is 1. The summed E-state index contributed by atoms with van der Waals surface area (Å²) in [5.74, 6) is 0.0224. The van der Waals surface area contributed by atoms with Crippen LogP contribution in [0.4, 0.5) is 11.4 Å². The molecule has 1 saturated carbocycles. The third kappa shape index (κ3) is 4.10. The van der Waals surface area contributed by atoms with E-state index < -0.39 is 0 Å². The highest BCUT2D eigenvalue weighted by molar-refractivity contribution is 7.17. The number of carbonyl (C=O) groups is 2. The summed E-state index contributed by atoms with van der Waals surface area (Å²) < 4.78 is 5.44. The molecular weight excluding hydrogens is 446 g/mol. The van der Waals surface area contributed by atoms with Crippen LogP contribution in [0.3, 0.4) is 0 Å². The van der Waals surface area contributed by atoms with Gasteiger partial charge in [-0.3, -0.25) is 9.59 Å². The van der Waals surface area contributed by atoms with Gasteiger partial charge in [-0.1, -0.05) is 18.2 Å². The number of fused-ring (bicyclic) bond motifs is 3. The summed E-state index contributed by atoms with van der Waals surface area (Å²) in [7, 11) is 0. The van der Waals surface area contributed by atoms with Crippen LogP contribution in [0.2, 0.25) is 0 Å². The Labute approximate surface area is 203 Å². The number of thiophene rings is 1. The molecule has 0 bridgehead atoms. The number of rotatable bonds is 4. The Bertz CT molecular complexity index is 1230. The van der Waals surface area contributed by atoms with Crippen molar-refractivity contribution >= 4 is 34.5 Å². The molecule has 1 aliphatic carbocycles. The van der Waals surface area contributed by atoms with Gasteiger partial charge >= 0.3 is 0 Å². The summed E-state index contributed by atoms with van der Waals surface area (Å²) in [6.07, 6.45) is 2.86. The first-order valence-electron chi connectivity index (χ1n) is 11.9. The largest absolute Gasteiger partial charge is 0.378 e. The van der Waals surface area contributed by atoms with E-state index in [1.165, 1.54) is 11.3 Å². The second-order valence-corrected chi connectivity index (χ2v) is 10.1. The molecule has 7 heteroatoms. The Morgan fingerprint density at radius 2 is 1.74 bits per heavy atom. The van der Waals surface area contributed by atoms with Crippen molar-refractivity contribution in [2.75, 3.05) is 42.6 Å². The van der Waals surface area contributed by atoms with Crippen molar-refractivity contribution in [1.29, 1.82) is 0 Å². The van der Waals surface area contributed by atoms with Crippen molar-refractivity contribution in [1.82, 2.24) is 5.32 Å². The van der Waals surface area contributed by atoms with Crippen molar-refractivity contribution in [3.05, 3.63) is 70.6 Å². The molecule has 34 heavy (non-hydrogen) atoms. The van der Waals surface area contributed by atoms with Crippen molar-refractivity contribution < 1.29 is 14.3 Å². The highest BCUT2D eigenvalue weighted by Crippen LogP contribution is 2.42. The summed E-state index contributed by atoms with van der Waals surface area (Å²) in [4.78, 5) is 32.3. The van der Waals surface area contributed by atoms with Gasteiger partial charge in [0.1, 0.15) is 0 Å². The number of morpholine rings is 1. The standard InChI is InChI=1S/C27H27N3O3S/c31-26(28-20-7-8-20)24-17-19-11-12-30(23-4-2-1-3-22(23)25(19)34-24)27(32)18-5-9-21(10-6-18)29-13-15-33-16-14-29/h1-6,9-10,17,20H,7-8,11-16H2,(H,28,31). The van der Waals surface area contributed by atoms with E-state index in [2.05, 4.69) is 16.3 Å². The second-order valence-electron chi connectivity index (χ2n) is 9.08. The molecule has 0 atom stereocenters. The third-order valence-electron chi connectivity index (χ3n) is 6.73. The molecule has 3 heterocycles. The van der Waals surface area contributed by atoms with Crippen molar-refractivity contribution in [3.63, 3.8) is 0 Å². The maximum absolute atomic E-state index is 13.6. The average Bonchev–Trinajstić information content (AvgIpc) is 3.63. The van der Waals surface area contributed by atoms with E-state index in [9.17, 15) is 9.59 Å². The highest BCUT2D eigenvalue weighted by Gasteiger charge is 2.29. The average molecular weight is 474 g/mol. The van der Waals surface area contributed by atoms with E-state index in [1.54, 1.807) is 0 Å². The van der Waals surface area contributed by atoms with E-state index in [4.69, 9.17) is 4.74 Å². The van der Waals surface area contributed by atoms with Gasteiger partial charge in [0.05, 0.1) is 23.8 Å². The molecule has 6 rings (SSSR count). The van der Waals surface area contributed by atoms with Gasteiger partial charge in [-0.05, 0) is 61.2 Å². The quantitative estimate of drug-likeness (QED) is 0.612. The van der Waals surface area contributed by atoms with Crippen molar-refractivity contribution in [2.24, 2.45) is 0 Å². The molecule has 2 fully saturated rings. The Hall–Kier alpha value is -3.16. The van der Waals surface area contributed by atoms with E-state index in [1.807, 2.05) is 53.4 Å². The molecule has 1 N–H and O–H groups in total. The van der Waals surface area contributed by atoms with E-state index >= 15 is 0 Å². The van der Waals surface area contributed by atoms with Crippen LogP contribution in [0.1, 0.15) is 38.4 Å². The molecule has 0 radical (unpaired) electrons. The molecule has 3 aliphatic rings. The molecule has 2 aromatic carbocycles. The number of anilines is 2. The number of nitrogens with one attached hydrogen (secondary N) is 1. The molecule has 0 spiro atoms. The molecule has 2 amide bonds. The van der Waals surface area contributed by atoms with Gasteiger partial charge < -0.3 is 19.9 Å². The summed E-state index contributed by atoms with van der Waals surface area (Å²) >= 11 is 1.53. The first kappa shape index (κ1) is 21.4. The monoisotopic (exact) mass is 473 g/mol. The summed E-state index contributed by atoms with van der Waals surface area (Å²) in [5.41, 5.74) is 4.86. The van der Waals surface area contributed by atoms with Crippen LogP contribution in [0, 0.1) is 0 Å². The molecule has 0 unspecified atom stereocenters. The van der Waals surface area contributed by atoms with Gasteiger partial charge in [0.15, 0.2) is 0 Å². The molecule has 174 valence electrons. The fourth-order valence-corrected chi connectivity index (χ4v) is 5.84. The number of nitrogens with zero attached hydrogens (tertiary/aromatic N) is 2. The van der Waals surface area contributed by atoms with Gasteiger partial charge in [0.25, 0.3) is 11.8 Å². The van der Waals surface area contributed by atoms with Gasteiger partial charge in [-0.15, -0.1) is 11.3 Å². The Balaban J connectivity index is 1.27. The molecule has 2 aliphatic heterocycles. The molecule has 6 nitrogen and oxygen atoms in total. The SMILES string of the molecule is O=C(NC1CC1)c1cc2c(s1)-c1ccccc1N(C(=O)c1ccc(N3CCOCC3)cc1)CC2. The van der Waals surface area contributed by atoms with Gasteiger partial charge in [-0.25, -0.2) is 0 Å². The predicted octanol–water partition coefficient (Wildman–Crippen LogP) is 4.35. The Kier molecular flexibility index (Phi) is 5.59. The zero-order valence-electron chi connectivity index (χ0n) is 19.0. The maximum Gasteiger partial charge on any atom is 0.261 e. The minimum atomic E-state index is 0.00262. The van der Waals surface area contributed by atoms with Crippen molar-refractivity contribution in [2.45, 2.75) is 25.3 Å². The minimum absolute atomic E-state index is 0.00262. The first-order valence-corrected chi connectivity index (χ1v) is 12.8. The van der Waals surface area contributed by atoms with Crippen LogP contribution >= 0.6 is 11.3 Å². The molecular formula is C27H27N3O3S. The smallest absolute Gasteiger partial charge is 0.261 e. The predicted molar refractivity (Wildman–Crippen MR) is 135 cm³/mol. The lowest BCUT2D eigenvalue weighted by Gasteiger charge is -2.29. The van der Waals surface area contributed by atoms with Crippen LogP contribution in [-0.4, -0.2) is 50.7 Å². The van der Waals surface area contributed by atoms with E-state index in [0.29, 0.717) is 18.2 Å². The summed E-state index contributed by atoms with van der Waals surface area (Å²) in [5, 5.41) is 3.09. The van der Waals surface area contributed by atoms with Gasteiger partial charge in [0, 0.05) is 47.4 Å². The lowest BCUT2D eigenvalue weighted by atomic mass is 10.1. The fourth-order valence-electron chi connectivity index (χ4n) is 4.70. The minimum Gasteiger partial charge on any atom is -0.378 e. The number of carbonyl (C=O) groups excluding carboxylic acids is 2. The van der Waals surface area contributed by atoms with Gasteiger partial charge in [0.2, 0.25) is 0 Å². The number of benzene rings is 2. The number of hydrogen-bond acceptors (Lipinski definition) is 5. The Morgan fingerprint density at radius 3 is 2.50 bits per heavy atom. The maximum atomic E-state index is 13.6. The van der Waals surface area contributed by atoms with Crippen LogP contribution in [-0.2, 0) is 11.2 Å². The van der Waals surface area contributed by atoms with Crippen LogP contribution in [0.25, 0.3) is 10.4 Å². The highest BCUT2D eigenvalue weighted by atomic mass is 32.1. The fraction of sp³-hybridized carbons (Fsp3) is 0.333. The van der Waals surface area contributed by atoms with E-state index in [-0.39, 0.29) is 11.8 Å². The zero-order chi connectivity index (χ0) is 23.1. The number of ether oxygens (including phenoxy) is 1. The molecule has 1 saturated heterocycles. The van der Waals surface area contributed by atoms with E-state index in [0.717, 1.165) is 77.8 Å². The number of amides is 2. The van der Waals surface area contributed by atoms with Crippen LogP contribution in [0.5, 0.6) is 0 Å². The first-order chi connectivity index (χ1) is 16.7. The molecule has 1 aromatic heterocycles. The summed E-state index contributed by atoms with van der Waals surface area (Å²) in [6, 6.07) is 18.3. The third-order valence-corrected chi connectivity index (χ3v) is 7.93. The van der Waals surface area contributed by atoms with Crippen LogP contribution < -0.4 is 15.1 Å². The Morgan fingerprint density at radius 1 is 0.971 bits per heavy atom. The van der Waals surface area contributed by atoms with Crippen molar-refractivity contribution in [3.8, 4) is 10.4 Å². The topological polar surface area (TPSA) is 61.9 Å². The normalized spacial score (nSPS) is 17.5. The van der Waals surface area contributed by atoms with Crippen LogP contribution in [0.15, 0.2) is 54.6 Å². The van der Waals surface area contributed by atoms with Gasteiger partial charge in [-0.2, -0.15) is 0 Å². The zero-order valence-corrected chi connectivity index (χ0v) is 19.8. The lowest BCUT2D eigenvalue weighted by molar-refractivity contribution is 0.0953. The lowest BCUT2D eigenvalue weighted by Crippen LogP contribution is -2.36. The second kappa shape index (κ2) is 8.89. The summed E-state index contributed by atoms with van der Waals surface area (Å²) in [6.45, 7) is 3.79. The number of hydrogen-bond donors (Lipinski definition) is 1.